The van der Waals surface area contributed by atoms with E-state index in [-0.39, 0.29) is 17.0 Å². The van der Waals surface area contributed by atoms with Gasteiger partial charge in [0.05, 0.1) is 5.60 Å². The number of nitrogens with zero attached hydrogens (tertiary/aromatic N) is 1. The van der Waals surface area contributed by atoms with Crippen LogP contribution < -0.4 is 5.73 Å². The van der Waals surface area contributed by atoms with Gasteiger partial charge in [0.2, 0.25) is 0 Å². The van der Waals surface area contributed by atoms with Gasteiger partial charge in [-0.1, -0.05) is 12.1 Å². The average Bonchev–Trinajstić information content (AvgIpc) is 2.49. The maximum atomic E-state index is 13.1. The van der Waals surface area contributed by atoms with Crippen LogP contribution in [0.4, 0.5) is 4.39 Å². The zero-order chi connectivity index (χ0) is 15.5. The molecule has 2 N–H and O–H groups in total. The summed E-state index contributed by atoms with van der Waals surface area (Å²) in [6.07, 6.45) is 3.02. The predicted octanol–water partition coefficient (Wildman–Crippen LogP) is 2.59. The topological polar surface area (TPSA) is 38.5 Å². The summed E-state index contributed by atoms with van der Waals surface area (Å²) in [6.45, 7) is 6.85. The van der Waals surface area contributed by atoms with E-state index in [1.165, 1.54) is 12.1 Å². The summed E-state index contributed by atoms with van der Waals surface area (Å²) in [4.78, 5) is 2.43. The van der Waals surface area contributed by atoms with Crippen LogP contribution in [0.3, 0.4) is 0 Å². The molecule has 1 heterocycles. The second-order valence-corrected chi connectivity index (χ2v) is 6.68. The molecule has 1 aromatic carbocycles. The third-order valence-corrected chi connectivity index (χ3v) is 4.85. The van der Waals surface area contributed by atoms with Gasteiger partial charge in [-0.2, -0.15) is 0 Å². The maximum Gasteiger partial charge on any atom is 0.123 e. The fraction of sp³-hybridized carbons (Fsp3) is 0.647. The lowest BCUT2D eigenvalue weighted by molar-refractivity contribution is -0.0767. The van der Waals surface area contributed by atoms with Gasteiger partial charge in [-0.25, -0.2) is 4.39 Å². The van der Waals surface area contributed by atoms with Gasteiger partial charge < -0.3 is 10.5 Å². The van der Waals surface area contributed by atoms with Gasteiger partial charge in [-0.15, -0.1) is 0 Å². The maximum absolute atomic E-state index is 13.1. The third-order valence-electron chi connectivity index (χ3n) is 4.85. The summed E-state index contributed by atoms with van der Waals surface area (Å²) < 4.78 is 18.7. The van der Waals surface area contributed by atoms with E-state index in [0.717, 1.165) is 37.9 Å². The van der Waals surface area contributed by atoms with E-state index in [1.807, 2.05) is 12.1 Å². The van der Waals surface area contributed by atoms with E-state index in [0.29, 0.717) is 6.54 Å². The second-order valence-electron chi connectivity index (χ2n) is 6.68. The van der Waals surface area contributed by atoms with Gasteiger partial charge in [0.15, 0.2) is 0 Å². The van der Waals surface area contributed by atoms with Gasteiger partial charge in [-0.3, -0.25) is 4.90 Å². The number of nitrogens with two attached hydrogens (primary N) is 1. The molecule has 3 nitrogen and oxygen atoms in total. The number of rotatable bonds is 5. The van der Waals surface area contributed by atoms with Crippen molar-refractivity contribution in [3.8, 4) is 0 Å². The Hall–Kier alpha value is -0.970. The van der Waals surface area contributed by atoms with Gasteiger partial charge in [-0.05, 0) is 57.4 Å². The Morgan fingerprint density at radius 1 is 1.38 bits per heavy atom. The van der Waals surface area contributed by atoms with Crippen molar-refractivity contribution in [2.45, 2.75) is 44.2 Å². The first-order valence-electron chi connectivity index (χ1n) is 7.65. The van der Waals surface area contributed by atoms with Crippen molar-refractivity contribution in [1.29, 1.82) is 0 Å². The highest BCUT2D eigenvalue weighted by Crippen LogP contribution is 2.30. The molecule has 0 radical (unpaired) electrons. The van der Waals surface area contributed by atoms with E-state index in [9.17, 15) is 4.39 Å². The minimum Gasteiger partial charge on any atom is -0.377 e. The Bertz CT molecular complexity index is 464. The summed E-state index contributed by atoms with van der Waals surface area (Å²) in [5.74, 6) is -0.196. The van der Waals surface area contributed by atoms with Crippen LogP contribution in [-0.4, -0.2) is 42.8 Å². The Labute approximate surface area is 127 Å². The highest BCUT2D eigenvalue weighted by atomic mass is 19.1. The molecule has 0 amide bonds. The quantitative estimate of drug-likeness (QED) is 0.907. The molecule has 1 aromatic rings. The van der Waals surface area contributed by atoms with Crippen LogP contribution in [-0.2, 0) is 11.2 Å². The molecule has 1 aliphatic rings. The summed E-state index contributed by atoms with van der Waals surface area (Å²) >= 11 is 0. The minimum absolute atomic E-state index is 0.0997. The van der Waals surface area contributed by atoms with Crippen molar-refractivity contribution in [2.24, 2.45) is 5.73 Å². The fourth-order valence-corrected chi connectivity index (χ4v) is 3.19. The molecule has 1 fully saturated rings. The zero-order valence-electron chi connectivity index (χ0n) is 13.4. The van der Waals surface area contributed by atoms with Gasteiger partial charge >= 0.3 is 0 Å². The van der Waals surface area contributed by atoms with E-state index in [4.69, 9.17) is 10.5 Å². The van der Waals surface area contributed by atoms with Gasteiger partial charge in [0, 0.05) is 25.7 Å². The van der Waals surface area contributed by atoms with Gasteiger partial charge in [0.1, 0.15) is 5.82 Å². The molecule has 4 heteroatoms. The summed E-state index contributed by atoms with van der Waals surface area (Å²) in [7, 11) is 1.78. The molecule has 118 valence electrons. The highest BCUT2D eigenvalue weighted by Gasteiger charge is 2.39. The monoisotopic (exact) mass is 294 g/mol. The van der Waals surface area contributed by atoms with Crippen LogP contribution >= 0.6 is 0 Å². The van der Waals surface area contributed by atoms with Crippen molar-refractivity contribution < 1.29 is 9.13 Å². The van der Waals surface area contributed by atoms with Crippen LogP contribution in [0.25, 0.3) is 0 Å². The first kappa shape index (κ1) is 16.4. The summed E-state index contributed by atoms with van der Waals surface area (Å²) in [6, 6.07) is 6.73. The van der Waals surface area contributed by atoms with Crippen LogP contribution in [0.15, 0.2) is 24.3 Å². The number of halogens is 1. The Balaban J connectivity index is 2.14. The first-order chi connectivity index (χ1) is 9.91. The van der Waals surface area contributed by atoms with E-state index in [1.54, 1.807) is 7.11 Å². The fourth-order valence-electron chi connectivity index (χ4n) is 3.19. The number of hydrogen-bond acceptors (Lipinski definition) is 3. The zero-order valence-corrected chi connectivity index (χ0v) is 13.4. The lowest BCUT2D eigenvalue weighted by atomic mass is 9.85. The lowest BCUT2D eigenvalue weighted by Gasteiger charge is -2.48. The second kappa shape index (κ2) is 6.42. The highest BCUT2D eigenvalue weighted by molar-refractivity contribution is 5.19. The summed E-state index contributed by atoms with van der Waals surface area (Å²) in [5.41, 5.74) is 6.98. The van der Waals surface area contributed by atoms with Crippen LogP contribution in [0.2, 0.25) is 0 Å². The molecule has 1 saturated heterocycles. The molecule has 2 rings (SSSR count). The molecule has 0 spiro atoms. The molecule has 2 unspecified atom stereocenters. The van der Waals surface area contributed by atoms with Crippen molar-refractivity contribution in [3.63, 3.8) is 0 Å². The van der Waals surface area contributed by atoms with Crippen molar-refractivity contribution in [1.82, 2.24) is 4.90 Å². The third kappa shape index (κ3) is 3.82. The van der Waals surface area contributed by atoms with Gasteiger partial charge in [0.25, 0.3) is 0 Å². The molecule has 0 bridgehead atoms. The smallest absolute Gasteiger partial charge is 0.123 e. The van der Waals surface area contributed by atoms with Crippen LogP contribution in [0.1, 0.15) is 32.3 Å². The molecular weight excluding hydrogens is 267 g/mol. The molecule has 1 aliphatic heterocycles. The minimum atomic E-state index is -0.196. The van der Waals surface area contributed by atoms with Crippen molar-refractivity contribution in [2.75, 3.05) is 26.7 Å². The van der Waals surface area contributed by atoms with Crippen LogP contribution in [0, 0.1) is 5.82 Å². The SMILES string of the molecule is COC1(C)CCCN(C(C)(CN)Cc2ccc(F)cc2)C1. The standard InChI is InChI=1S/C17H27FN2O/c1-16(12-19,11-14-5-7-15(18)8-6-14)20-10-4-9-17(2,13-20)21-3/h5-8H,4,9-13,19H2,1-3H3. The average molecular weight is 294 g/mol. The Kier molecular flexibility index (Phi) is 5.02. The van der Waals surface area contributed by atoms with Crippen molar-refractivity contribution in [3.05, 3.63) is 35.6 Å². The molecule has 0 aliphatic carbocycles. The van der Waals surface area contributed by atoms with Crippen LogP contribution in [0.5, 0.6) is 0 Å². The Morgan fingerprint density at radius 2 is 2.05 bits per heavy atom. The van der Waals surface area contributed by atoms with E-state index in [2.05, 4.69) is 18.7 Å². The van der Waals surface area contributed by atoms with E-state index >= 15 is 0 Å². The molecule has 21 heavy (non-hydrogen) atoms. The number of hydrogen-bond donors (Lipinski definition) is 1. The van der Waals surface area contributed by atoms with E-state index < -0.39 is 0 Å². The van der Waals surface area contributed by atoms with Crippen molar-refractivity contribution >= 4 is 0 Å². The first-order valence-corrected chi connectivity index (χ1v) is 7.65. The molecule has 0 aromatic heterocycles. The number of ether oxygens (including phenoxy) is 1. The predicted molar refractivity (Wildman–Crippen MR) is 83.8 cm³/mol. The number of benzene rings is 1. The molecule has 2 atom stereocenters. The molecule has 0 saturated carbocycles. The number of piperidine rings is 1. The normalized spacial score (nSPS) is 26.5. The largest absolute Gasteiger partial charge is 0.377 e. The Morgan fingerprint density at radius 3 is 2.62 bits per heavy atom. The lowest BCUT2D eigenvalue weighted by Crippen LogP contribution is -2.60. The summed E-state index contributed by atoms with van der Waals surface area (Å²) in [5, 5.41) is 0. The number of methoxy groups -OCH3 is 1. The molecular formula is C17H27FN2O. The number of likely N-dealkylation sites (tertiary alicyclic amines) is 1.